The van der Waals surface area contributed by atoms with Crippen molar-refractivity contribution in [3.8, 4) is 0 Å². The number of hydrogen-bond acceptors (Lipinski definition) is 15. The van der Waals surface area contributed by atoms with Crippen LogP contribution in [0.15, 0.2) is 0 Å². The number of carbonyl (C=O) groups is 4. The van der Waals surface area contributed by atoms with Crippen molar-refractivity contribution in [1.29, 1.82) is 0 Å². The zero-order chi connectivity index (χ0) is 71.7. The van der Waals surface area contributed by atoms with Crippen LogP contribution in [0.3, 0.4) is 0 Å². The molecule has 97 heavy (non-hydrogen) atoms. The predicted octanol–water partition coefficient (Wildman–Crippen LogP) is 22.8. The number of unbranched alkanes of at least 4 members (excludes halogenated alkanes) is 41. The summed E-state index contributed by atoms with van der Waals surface area (Å²) in [4.78, 5) is 72.9. The normalized spacial score (nSPS) is 14.1. The van der Waals surface area contributed by atoms with E-state index in [4.69, 9.17) is 37.0 Å². The zero-order valence-electron chi connectivity index (χ0n) is 63.7. The quantitative estimate of drug-likeness (QED) is 0.0222. The van der Waals surface area contributed by atoms with Crippen LogP contribution in [0.1, 0.15) is 396 Å². The van der Waals surface area contributed by atoms with Gasteiger partial charge in [-0.2, -0.15) is 0 Å². The Kier molecular flexibility index (Phi) is 65.9. The number of aliphatic hydroxyl groups is 1. The van der Waals surface area contributed by atoms with Crippen molar-refractivity contribution in [3.05, 3.63) is 0 Å². The summed E-state index contributed by atoms with van der Waals surface area (Å²) in [5, 5.41) is 10.6. The Morgan fingerprint density at radius 3 is 0.639 bits per heavy atom. The van der Waals surface area contributed by atoms with Gasteiger partial charge in [0.15, 0.2) is 12.2 Å². The fourth-order valence-corrected chi connectivity index (χ4v) is 13.5. The molecule has 3 unspecified atom stereocenters. The molecule has 17 nitrogen and oxygen atoms in total. The van der Waals surface area contributed by atoms with E-state index in [9.17, 15) is 43.2 Å². The van der Waals surface area contributed by atoms with Crippen LogP contribution in [0, 0.1) is 23.7 Å². The summed E-state index contributed by atoms with van der Waals surface area (Å²) in [5.74, 6) is 0.938. The maximum atomic E-state index is 13.1. The van der Waals surface area contributed by atoms with Gasteiger partial charge in [0.2, 0.25) is 0 Å². The molecule has 0 aromatic rings. The maximum absolute atomic E-state index is 13.1. The highest BCUT2D eigenvalue weighted by molar-refractivity contribution is 7.47. The zero-order valence-corrected chi connectivity index (χ0v) is 65.5. The number of ether oxygens (including phenoxy) is 4. The lowest BCUT2D eigenvalue weighted by atomic mass is 10.0. The molecule has 576 valence electrons. The van der Waals surface area contributed by atoms with Gasteiger partial charge in [0.05, 0.1) is 26.4 Å². The number of aliphatic hydroxyl groups excluding tert-OH is 1. The molecule has 0 aromatic heterocycles. The van der Waals surface area contributed by atoms with Crippen molar-refractivity contribution in [2.75, 3.05) is 39.6 Å². The lowest BCUT2D eigenvalue weighted by molar-refractivity contribution is -0.161. The molecule has 0 heterocycles. The van der Waals surface area contributed by atoms with Crippen LogP contribution in [-0.4, -0.2) is 96.7 Å². The summed E-state index contributed by atoms with van der Waals surface area (Å²) in [7, 11) is -9.92. The Hall–Kier alpha value is -1.94. The van der Waals surface area contributed by atoms with Gasteiger partial charge in [0.25, 0.3) is 0 Å². The maximum Gasteiger partial charge on any atom is 0.472 e. The van der Waals surface area contributed by atoms with Crippen LogP contribution >= 0.6 is 15.6 Å². The average Bonchev–Trinajstić information content (AvgIpc) is 1.27. The predicted molar refractivity (Wildman–Crippen MR) is 395 cm³/mol. The first-order chi connectivity index (χ1) is 46.6. The molecule has 0 aliphatic heterocycles. The van der Waals surface area contributed by atoms with Crippen LogP contribution in [0.4, 0.5) is 0 Å². The number of rotatable bonds is 75. The smallest absolute Gasteiger partial charge is 0.462 e. The molecule has 0 aliphatic rings. The Morgan fingerprint density at radius 2 is 0.433 bits per heavy atom. The highest BCUT2D eigenvalue weighted by Crippen LogP contribution is 2.45. The minimum absolute atomic E-state index is 0.106. The van der Waals surface area contributed by atoms with E-state index in [-0.39, 0.29) is 25.7 Å². The summed E-state index contributed by atoms with van der Waals surface area (Å²) in [6, 6.07) is 0. The van der Waals surface area contributed by atoms with Crippen molar-refractivity contribution < 1.29 is 80.2 Å². The van der Waals surface area contributed by atoms with Gasteiger partial charge < -0.3 is 33.8 Å². The lowest BCUT2D eigenvalue weighted by Gasteiger charge is -2.21. The van der Waals surface area contributed by atoms with Crippen LogP contribution in [0.5, 0.6) is 0 Å². The molecular weight excluding hydrogens is 1270 g/mol. The summed E-state index contributed by atoms with van der Waals surface area (Å²) >= 11 is 0. The van der Waals surface area contributed by atoms with E-state index in [2.05, 4.69) is 55.4 Å². The molecule has 0 rings (SSSR count). The van der Waals surface area contributed by atoms with Crippen molar-refractivity contribution >= 4 is 39.5 Å². The Bertz CT molecular complexity index is 1900. The van der Waals surface area contributed by atoms with E-state index < -0.39 is 97.5 Å². The van der Waals surface area contributed by atoms with Crippen LogP contribution in [0.2, 0.25) is 0 Å². The van der Waals surface area contributed by atoms with Crippen molar-refractivity contribution in [1.82, 2.24) is 0 Å². The highest BCUT2D eigenvalue weighted by Gasteiger charge is 2.30. The van der Waals surface area contributed by atoms with Gasteiger partial charge in [-0.15, -0.1) is 0 Å². The van der Waals surface area contributed by atoms with Crippen molar-refractivity contribution in [2.45, 2.75) is 414 Å². The second-order valence-corrected chi connectivity index (χ2v) is 32.9. The minimum atomic E-state index is -4.96. The summed E-state index contributed by atoms with van der Waals surface area (Å²) in [6.45, 7) is 14.2. The molecule has 0 saturated heterocycles. The Labute approximate surface area is 594 Å². The van der Waals surface area contributed by atoms with E-state index in [1.807, 2.05) is 0 Å². The first-order valence-electron chi connectivity index (χ1n) is 40.2. The van der Waals surface area contributed by atoms with Crippen LogP contribution < -0.4 is 0 Å². The highest BCUT2D eigenvalue weighted by atomic mass is 31.2. The van der Waals surface area contributed by atoms with E-state index >= 15 is 0 Å². The standard InChI is InChI=1S/C78H152O17P2/c1-68(2)54-46-38-30-23-17-12-9-10-14-21-27-35-44-52-60-77(82)95-74(65-89-76(81)59-51-43-37-29-33-41-49-57-71(7)8)67-93-97(86,87)91-63-72(79)62-90-96(84,85)92-66-73(94-78(83)61-53-45-36-28-22-16-19-25-32-40-48-56-70(5)6)64-88-75(80)58-50-42-34-26-20-15-11-13-18-24-31-39-47-55-69(3)4/h68-74,79H,9-67H2,1-8H3,(H,84,85)(H,86,87)/t72?,73-,74-/m1/s1. The largest absolute Gasteiger partial charge is 0.472 e. The van der Waals surface area contributed by atoms with Gasteiger partial charge in [-0.05, 0) is 49.4 Å². The van der Waals surface area contributed by atoms with E-state index in [1.165, 1.54) is 193 Å². The number of phosphoric acid groups is 2. The van der Waals surface area contributed by atoms with Gasteiger partial charge in [0.1, 0.15) is 19.3 Å². The molecule has 5 atom stereocenters. The number of hydrogen-bond donors (Lipinski definition) is 3. The molecule has 19 heteroatoms. The molecule has 3 N–H and O–H groups in total. The molecule has 0 radical (unpaired) electrons. The van der Waals surface area contributed by atoms with Gasteiger partial charge in [-0.1, -0.05) is 344 Å². The molecule has 0 saturated carbocycles. The van der Waals surface area contributed by atoms with E-state index in [0.29, 0.717) is 31.6 Å². The van der Waals surface area contributed by atoms with Gasteiger partial charge in [-0.3, -0.25) is 37.3 Å². The van der Waals surface area contributed by atoms with E-state index in [1.54, 1.807) is 0 Å². The van der Waals surface area contributed by atoms with Crippen LogP contribution in [0.25, 0.3) is 0 Å². The van der Waals surface area contributed by atoms with Crippen molar-refractivity contribution in [2.24, 2.45) is 23.7 Å². The third-order valence-corrected chi connectivity index (χ3v) is 20.0. The average molecular weight is 1420 g/mol. The Morgan fingerprint density at radius 1 is 0.258 bits per heavy atom. The fourth-order valence-electron chi connectivity index (χ4n) is 11.9. The molecule has 0 spiro atoms. The number of phosphoric ester groups is 2. The second kappa shape index (κ2) is 67.2. The molecule has 0 aliphatic carbocycles. The summed E-state index contributed by atoms with van der Waals surface area (Å²) < 4.78 is 68.6. The SMILES string of the molecule is CC(C)CCCCCCCCCCCCCCCCC(=O)O[C@H](COC(=O)CCCCCCCCCC(C)C)COP(=O)(O)OCC(O)COP(=O)(O)OC[C@@H](COC(=O)CCCCCCCCCCCCCCCC(C)C)OC(=O)CCCCCCCCCCCCCC(C)C. The minimum Gasteiger partial charge on any atom is -0.462 e. The second-order valence-electron chi connectivity index (χ2n) is 30.0. The third kappa shape index (κ3) is 72.2. The first kappa shape index (κ1) is 95.1. The first-order valence-corrected chi connectivity index (χ1v) is 43.2. The topological polar surface area (TPSA) is 237 Å². The molecule has 0 amide bonds. The molecule has 0 fully saturated rings. The monoisotopic (exact) mass is 1420 g/mol. The van der Waals surface area contributed by atoms with Crippen molar-refractivity contribution in [3.63, 3.8) is 0 Å². The van der Waals surface area contributed by atoms with E-state index in [0.717, 1.165) is 114 Å². The third-order valence-electron chi connectivity index (χ3n) is 18.1. The lowest BCUT2D eigenvalue weighted by Crippen LogP contribution is -2.30. The fraction of sp³-hybridized carbons (Fsp3) is 0.949. The summed E-state index contributed by atoms with van der Waals surface area (Å²) in [6.07, 6.45) is 52.7. The van der Waals surface area contributed by atoms with Gasteiger partial charge in [-0.25, -0.2) is 9.13 Å². The Balaban J connectivity index is 5.24. The molecular formula is C78H152O17P2. The number of carbonyl (C=O) groups excluding carboxylic acids is 4. The molecule has 0 bridgehead atoms. The van der Waals surface area contributed by atoms with Gasteiger partial charge >= 0.3 is 39.5 Å². The van der Waals surface area contributed by atoms with Crippen LogP contribution in [-0.2, 0) is 65.4 Å². The molecule has 0 aromatic carbocycles. The number of esters is 4. The summed E-state index contributed by atoms with van der Waals surface area (Å²) in [5.41, 5.74) is 0. The van der Waals surface area contributed by atoms with Gasteiger partial charge in [0, 0.05) is 25.7 Å².